The number of ketones is 1. The summed E-state index contributed by atoms with van der Waals surface area (Å²) in [5.41, 5.74) is 3.50. The Bertz CT molecular complexity index is 1020. The molecule has 2 aliphatic rings. The molecule has 0 bridgehead atoms. The number of amides is 1. The smallest absolute Gasteiger partial charge is 0.337 e. The van der Waals surface area contributed by atoms with Gasteiger partial charge in [0.2, 0.25) is 0 Å². The van der Waals surface area contributed by atoms with Gasteiger partial charge in [-0.3, -0.25) is 9.59 Å². The van der Waals surface area contributed by atoms with Crippen LogP contribution in [-0.2, 0) is 20.7 Å². The van der Waals surface area contributed by atoms with Gasteiger partial charge in [-0.15, -0.1) is 0 Å². The summed E-state index contributed by atoms with van der Waals surface area (Å²) < 4.78 is 4.79. The summed E-state index contributed by atoms with van der Waals surface area (Å²) in [5.74, 6) is -0.831. The molecule has 4 rings (SSSR count). The number of hydrogen-bond acceptors (Lipinski definition) is 6. The van der Waals surface area contributed by atoms with Crippen LogP contribution >= 0.6 is 0 Å². The number of benzene rings is 1. The molecule has 1 amide bonds. The molecular weight excluding hydrogens is 362 g/mol. The third-order valence-electron chi connectivity index (χ3n) is 5.24. The molecular formula is C20H21N3O5. The van der Waals surface area contributed by atoms with Gasteiger partial charge >= 0.3 is 5.97 Å². The van der Waals surface area contributed by atoms with Gasteiger partial charge in [0.1, 0.15) is 5.70 Å². The summed E-state index contributed by atoms with van der Waals surface area (Å²) in [4.78, 5) is 41.4. The fraction of sp³-hybridized carbons (Fsp3) is 0.350. The summed E-state index contributed by atoms with van der Waals surface area (Å²) in [6, 6.07) is 5.55. The number of aromatic amines is 1. The van der Waals surface area contributed by atoms with E-state index in [0.717, 1.165) is 29.3 Å². The Morgan fingerprint density at radius 3 is 2.89 bits per heavy atom. The molecule has 0 unspecified atom stereocenters. The minimum absolute atomic E-state index is 0.0853. The standard InChI is InChI=1S/C20H21N3O5/c1-28-20(27)14-10-23(7-8-24)19(26)18(14)21-11-5-6-12-13-3-2-4-16(25)17(13)22-15(12)9-11/h5-6,9,21-22,24H,2-4,7-8,10H2,1H3. The maximum atomic E-state index is 12.6. The minimum atomic E-state index is -0.585. The maximum Gasteiger partial charge on any atom is 0.337 e. The van der Waals surface area contributed by atoms with Crippen LogP contribution in [0.15, 0.2) is 29.5 Å². The number of hydrogen-bond donors (Lipinski definition) is 3. The molecule has 8 heteroatoms. The second-order valence-electron chi connectivity index (χ2n) is 6.94. The normalized spacial score (nSPS) is 16.7. The van der Waals surface area contributed by atoms with E-state index in [2.05, 4.69) is 10.3 Å². The lowest BCUT2D eigenvalue weighted by Crippen LogP contribution is -2.31. The lowest BCUT2D eigenvalue weighted by atomic mass is 9.95. The number of carbonyl (C=O) groups excluding carboxylic acids is 3. The van der Waals surface area contributed by atoms with E-state index in [1.165, 1.54) is 12.0 Å². The van der Waals surface area contributed by atoms with E-state index in [9.17, 15) is 14.4 Å². The monoisotopic (exact) mass is 383 g/mol. The first-order chi connectivity index (χ1) is 13.5. The lowest BCUT2D eigenvalue weighted by Gasteiger charge is -2.15. The summed E-state index contributed by atoms with van der Waals surface area (Å²) >= 11 is 0. The lowest BCUT2D eigenvalue weighted by molar-refractivity contribution is -0.136. The molecule has 0 radical (unpaired) electrons. The number of Topliss-reactive ketones (excluding diaryl/α,β-unsaturated/α-hetero) is 1. The number of H-pyrrole nitrogens is 1. The van der Waals surface area contributed by atoms with Gasteiger partial charge in [-0.1, -0.05) is 6.07 Å². The third-order valence-corrected chi connectivity index (χ3v) is 5.24. The number of carbonyl (C=O) groups is 3. The Kier molecular flexibility index (Phi) is 4.64. The third kappa shape index (κ3) is 2.95. The molecule has 8 nitrogen and oxygen atoms in total. The fourth-order valence-electron chi connectivity index (χ4n) is 3.88. The predicted molar refractivity (Wildman–Crippen MR) is 102 cm³/mol. The van der Waals surface area contributed by atoms with Crippen LogP contribution in [0.25, 0.3) is 10.9 Å². The van der Waals surface area contributed by atoms with Crippen LogP contribution in [-0.4, -0.2) is 59.5 Å². The van der Waals surface area contributed by atoms with Crippen LogP contribution < -0.4 is 5.32 Å². The van der Waals surface area contributed by atoms with E-state index in [0.29, 0.717) is 17.8 Å². The van der Waals surface area contributed by atoms with E-state index in [1.807, 2.05) is 18.2 Å². The van der Waals surface area contributed by atoms with E-state index in [-0.39, 0.29) is 42.7 Å². The van der Waals surface area contributed by atoms with Gasteiger partial charge in [-0.25, -0.2) is 4.79 Å². The zero-order valence-corrected chi connectivity index (χ0v) is 15.5. The van der Waals surface area contributed by atoms with Gasteiger partial charge in [0, 0.05) is 29.6 Å². The molecule has 146 valence electrons. The second-order valence-corrected chi connectivity index (χ2v) is 6.94. The number of anilines is 1. The van der Waals surface area contributed by atoms with Gasteiger partial charge in [-0.2, -0.15) is 0 Å². The van der Waals surface area contributed by atoms with Crippen LogP contribution in [0.5, 0.6) is 0 Å². The van der Waals surface area contributed by atoms with Gasteiger partial charge in [0.05, 0.1) is 31.5 Å². The number of fused-ring (bicyclic) bond motifs is 3. The average molecular weight is 383 g/mol. The number of β-amino-alcohol motifs (C(OH)–C–C–N with tert-alkyl or cyclic N) is 1. The van der Waals surface area contributed by atoms with E-state index in [1.54, 1.807) is 0 Å². The predicted octanol–water partition coefficient (Wildman–Crippen LogP) is 1.36. The molecule has 0 atom stereocenters. The van der Waals surface area contributed by atoms with Gasteiger partial charge in [0.25, 0.3) is 5.91 Å². The van der Waals surface area contributed by atoms with Crippen molar-refractivity contribution in [2.24, 2.45) is 0 Å². The Hall–Kier alpha value is -3.13. The number of rotatable bonds is 5. The Morgan fingerprint density at radius 2 is 2.14 bits per heavy atom. The molecule has 0 saturated carbocycles. The number of aliphatic hydroxyl groups is 1. The van der Waals surface area contributed by atoms with Gasteiger partial charge in [-0.05, 0) is 30.5 Å². The summed E-state index contributed by atoms with van der Waals surface area (Å²) in [6.07, 6.45) is 2.26. The first-order valence-electron chi connectivity index (χ1n) is 9.20. The molecule has 1 aromatic heterocycles. The molecule has 28 heavy (non-hydrogen) atoms. The SMILES string of the molecule is COC(=O)C1=C(Nc2ccc3c4c([nH]c3c2)C(=O)CCC4)C(=O)N(CCO)C1. The van der Waals surface area contributed by atoms with Crippen LogP contribution in [0.1, 0.15) is 28.9 Å². The molecule has 1 aliphatic carbocycles. The van der Waals surface area contributed by atoms with Gasteiger partial charge in [0.15, 0.2) is 5.78 Å². The highest BCUT2D eigenvalue weighted by atomic mass is 16.5. The summed E-state index contributed by atoms with van der Waals surface area (Å²) in [7, 11) is 1.26. The van der Waals surface area contributed by atoms with Crippen molar-refractivity contribution in [3.63, 3.8) is 0 Å². The quantitative estimate of drug-likeness (QED) is 0.672. The highest BCUT2D eigenvalue weighted by Gasteiger charge is 2.34. The van der Waals surface area contributed by atoms with Crippen LogP contribution in [0, 0.1) is 0 Å². The largest absolute Gasteiger partial charge is 0.466 e. The van der Waals surface area contributed by atoms with E-state index in [4.69, 9.17) is 9.84 Å². The number of aliphatic hydroxyl groups excluding tert-OH is 1. The van der Waals surface area contributed by atoms with Crippen molar-refractivity contribution in [1.82, 2.24) is 9.88 Å². The Labute approximate surface area is 161 Å². The Morgan fingerprint density at radius 1 is 1.32 bits per heavy atom. The van der Waals surface area contributed by atoms with E-state index < -0.39 is 5.97 Å². The number of nitrogens with zero attached hydrogens (tertiary/aromatic N) is 1. The maximum absolute atomic E-state index is 12.6. The summed E-state index contributed by atoms with van der Waals surface area (Å²) in [5, 5.41) is 13.2. The summed E-state index contributed by atoms with van der Waals surface area (Å²) in [6.45, 7) is 0.0262. The van der Waals surface area contributed by atoms with Crippen molar-refractivity contribution in [3.05, 3.63) is 40.7 Å². The fourth-order valence-corrected chi connectivity index (χ4v) is 3.88. The number of methoxy groups -OCH3 is 1. The number of ether oxygens (including phenoxy) is 1. The van der Waals surface area contributed by atoms with E-state index >= 15 is 0 Å². The second kappa shape index (κ2) is 7.12. The molecule has 1 aromatic carbocycles. The van der Waals surface area contributed by atoms with Crippen molar-refractivity contribution in [3.8, 4) is 0 Å². The Balaban J connectivity index is 1.68. The first-order valence-corrected chi connectivity index (χ1v) is 9.20. The number of aromatic nitrogens is 1. The van der Waals surface area contributed by atoms with Crippen molar-refractivity contribution < 1.29 is 24.2 Å². The molecule has 0 spiro atoms. The average Bonchev–Trinajstić information content (AvgIpc) is 3.21. The molecule has 3 N–H and O–H groups in total. The van der Waals surface area contributed by atoms with Crippen molar-refractivity contribution in [2.75, 3.05) is 32.1 Å². The zero-order chi connectivity index (χ0) is 19.8. The molecule has 0 saturated heterocycles. The van der Waals surface area contributed by atoms with Crippen molar-refractivity contribution >= 4 is 34.3 Å². The topological polar surface area (TPSA) is 112 Å². The highest BCUT2D eigenvalue weighted by Crippen LogP contribution is 2.31. The van der Waals surface area contributed by atoms with Crippen LogP contribution in [0.3, 0.4) is 0 Å². The van der Waals surface area contributed by atoms with Crippen LogP contribution in [0.4, 0.5) is 5.69 Å². The van der Waals surface area contributed by atoms with Crippen molar-refractivity contribution in [2.45, 2.75) is 19.3 Å². The van der Waals surface area contributed by atoms with Gasteiger partial charge < -0.3 is 25.0 Å². The highest BCUT2D eigenvalue weighted by molar-refractivity contribution is 6.09. The number of nitrogens with one attached hydrogen (secondary N) is 2. The molecule has 1 aliphatic heterocycles. The molecule has 2 aromatic rings. The van der Waals surface area contributed by atoms with Crippen LogP contribution in [0.2, 0.25) is 0 Å². The van der Waals surface area contributed by atoms with Crippen molar-refractivity contribution in [1.29, 1.82) is 0 Å². The number of aryl methyl sites for hydroxylation is 1. The minimum Gasteiger partial charge on any atom is -0.466 e. The zero-order valence-electron chi connectivity index (χ0n) is 15.5. The first kappa shape index (κ1) is 18.2. The number of esters is 1. The molecule has 2 heterocycles. The molecule has 0 fully saturated rings.